The third-order valence-corrected chi connectivity index (χ3v) is 4.34. The number of nitrogens with zero attached hydrogens (tertiary/aromatic N) is 4. The molecule has 0 saturated heterocycles. The predicted molar refractivity (Wildman–Crippen MR) is 103 cm³/mol. The number of carbonyl (C=O) groups is 1. The molecular weight excluding hydrogens is 358 g/mol. The van der Waals surface area contributed by atoms with Crippen LogP contribution in [0.3, 0.4) is 0 Å². The molecule has 1 aromatic carbocycles. The first-order valence-corrected chi connectivity index (χ1v) is 8.74. The van der Waals surface area contributed by atoms with E-state index in [1.807, 2.05) is 37.3 Å². The molecule has 0 unspecified atom stereocenters. The number of imidazole rings is 1. The van der Waals surface area contributed by atoms with Gasteiger partial charge in [0.15, 0.2) is 0 Å². The predicted octanol–water partition coefficient (Wildman–Crippen LogP) is 3.17. The number of amides is 1. The summed E-state index contributed by atoms with van der Waals surface area (Å²) in [5, 5.41) is 16.8. The Morgan fingerprint density at radius 3 is 2.82 bits per heavy atom. The van der Waals surface area contributed by atoms with Crippen molar-refractivity contribution in [2.45, 2.75) is 26.4 Å². The van der Waals surface area contributed by atoms with Crippen molar-refractivity contribution in [1.29, 1.82) is 0 Å². The summed E-state index contributed by atoms with van der Waals surface area (Å²) in [4.78, 5) is 21.2. The molecule has 1 amide bonds. The van der Waals surface area contributed by atoms with Crippen LogP contribution < -0.4 is 5.32 Å². The van der Waals surface area contributed by atoms with Crippen LogP contribution in [0, 0.1) is 6.92 Å². The molecule has 28 heavy (non-hydrogen) atoms. The zero-order chi connectivity index (χ0) is 19.9. The van der Waals surface area contributed by atoms with Gasteiger partial charge in [-0.3, -0.25) is 9.20 Å². The van der Waals surface area contributed by atoms with Gasteiger partial charge >= 0.3 is 0 Å². The van der Waals surface area contributed by atoms with Gasteiger partial charge in [-0.05, 0) is 44.5 Å². The quantitative estimate of drug-likeness (QED) is 0.566. The second-order valence-electron chi connectivity index (χ2n) is 7.04. The Morgan fingerprint density at radius 2 is 2.07 bits per heavy atom. The van der Waals surface area contributed by atoms with Gasteiger partial charge < -0.3 is 14.9 Å². The van der Waals surface area contributed by atoms with Gasteiger partial charge in [0.2, 0.25) is 5.82 Å². The molecule has 0 aliphatic heterocycles. The summed E-state index contributed by atoms with van der Waals surface area (Å²) in [6, 6.07) is 11.0. The topological polar surface area (TPSA) is 106 Å². The number of aliphatic hydroxyl groups is 1. The number of nitrogens with one attached hydrogen (secondary N) is 1. The van der Waals surface area contributed by atoms with E-state index in [1.54, 1.807) is 36.7 Å². The molecule has 4 rings (SSSR count). The van der Waals surface area contributed by atoms with Gasteiger partial charge in [-0.1, -0.05) is 23.4 Å². The molecule has 3 aromatic heterocycles. The third kappa shape index (κ3) is 3.25. The first-order chi connectivity index (χ1) is 13.3. The zero-order valence-corrected chi connectivity index (χ0v) is 15.7. The highest BCUT2D eigenvalue weighted by Crippen LogP contribution is 2.26. The van der Waals surface area contributed by atoms with Gasteiger partial charge in [0.25, 0.3) is 11.8 Å². The number of carbonyl (C=O) groups excluding carboxylic acids is 1. The van der Waals surface area contributed by atoms with E-state index < -0.39 is 5.60 Å². The normalized spacial score (nSPS) is 11.7. The number of rotatable bonds is 4. The lowest BCUT2D eigenvalue weighted by Gasteiger charge is -2.10. The van der Waals surface area contributed by atoms with Gasteiger partial charge in [-0.25, -0.2) is 4.98 Å². The molecule has 142 valence electrons. The summed E-state index contributed by atoms with van der Waals surface area (Å²) in [6.45, 7) is 5.04. The van der Waals surface area contributed by atoms with Gasteiger partial charge in [0, 0.05) is 17.4 Å². The summed E-state index contributed by atoms with van der Waals surface area (Å²) in [5.74, 6) is 0.186. The van der Waals surface area contributed by atoms with E-state index >= 15 is 0 Å². The minimum Gasteiger partial charge on any atom is -0.381 e. The molecule has 0 fully saturated rings. The van der Waals surface area contributed by atoms with Crippen LogP contribution in [0.1, 0.15) is 35.8 Å². The lowest BCUT2D eigenvalue weighted by Crippen LogP contribution is -2.15. The number of pyridine rings is 1. The van der Waals surface area contributed by atoms with Crippen LogP contribution in [0.15, 0.2) is 53.3 Å². The molecule has 3 heterocycles. The van der Waals surface area contributed by atoms with Crippen molar-refractivity contribution >= 4 is 17.2 Å². The summed E-state index contributed by atoms with van der Waals surface area (Å²) < 4.78 is 6.86. The SMILES string of the molecule is Cc1ccc(-c2noc(C(C)(C)O)n2)cc1NC(=O)c1cnc2ccccn12. The highest BCUT2D eigenvalue weighted by atomic mass is 16.5. The Morgan fingerprint density at radius 1 is 1.25 bits per heavy atom. The van der Waals surface area contributed by atoms with E-state index in [-0.39, 0.29) is 11.8 Å². The van der Waals surface area contributed by atoms with Crippen LogP contribution >= 0.6 is 0 Å². The molecule has 8 nitrogen and oxygen atoms in total. The van der Waals surface area contributed by atoms with Crippen molar-refractivity contribution in [3.05, 3.63) is 65.9 Å². The van der Waals surface area contributed by atoms with Crippen molar-refractivity contribution < 1.29 is 14.4 Å². The summed E-state index contributed by atoms with van der Waals surface area (Å²) in [6.07, 6.45) is 3.33. The summed E-state index contributed by atoms with van der Waals surface area (Å²) in [7, 11) is 0. The Hall–Kier alpha value is -3.52. The number of hydrogen-bond acceptors (Lipinski definition) is 6. The van der Waals surface area contributed by atoms with Crippen LogP contribution in [0.5, 0.6) is 0 Å². The van der Waals surface area contributed by atoms with Crippen LogP contribution in [0.2, 0.25) is 0 Å². The lowest BCUT2D eigenvalue weighted by molar-refractivity contribution is 0.0420. The summed E-state index contributed by atoms with van der Waals surface area (Å²) in [5.41, 5.74) is 2.09. The van der Waals surface area contributed by atoms with Crippen molar-refractivity contribution in [1.82, 2.24) is 19.5 Å². The van der Waals surface area contributed by atoms with E-state index in [1.165, 1.54) is 0 Å². The minimum atomic E-state index is -1.23. The third-order valence-electron chi connectivity index (χ3n) is 4.34. The molecule has 2 N–H and O–H groups in total. The highest BCUT2D eigenvalue weighted by Gasteiger charge is 2.24. The van der Waals surface area contributed by atoms with Crippen molar-refractivity contribution in [2.75, 3.05) is 5.32 Å². The number of aromatic nitrogens is 4. The first-order valence-electron chi connectivity index (χ1n) is 8.74. The van der Waals surface area contributed by atoms with Gasteiger partial charge in [0.05, 0.1) is 6.20 Å². The van der Waals surface area contributed by atoms with Gasteiger partial charge in [-0.2, -0.15) is 4.98 Å². The fourth-order valence-corrected chi connectivity index (χ4v) is 2.77. The number of benzene rings is 1. The largest absolute Gasteiger partial charge is 0.381 e. The Kier molecular flexibility index (Phi) is 4.20. The maximum atomic E-state index is 12.8. The zero-order valence-electron chi connectivity index (χ0n) is 15.7. The molecule has 0 spiro atoms. The van der Waals surface area contributed by atoms with Crippen LogP contribution in [-0.4, -0.2) is 30.5 Å². The monoisotopic (exact) mass is 377 g/mol. The Bertz CT molecular complexity index is 1170. The average Bonchev–Trinajstić information content (AvgIpc) is 3.30. The molecule has 0 atom stereocenters. The van der Waals surface area contributed by atoms with Crippen molar-refractivity contribution in [3.63, 3.8) is 0 Å². The number of anilines is 1. The number of fused-ring (bicyclic) bond motifs is 1. The highest BCUT2D eigenvalue weighted by molar-refractivity contribution is 6.04. The molecule has 8 heteroatoms. The van der Waals surface area contributed by atoms with Crippen LogP contribution in [0.4, 0.5) is 5.69 Å². The van der Waals surface area contributed by atoms with E-state index in [2.05, 4.69) is 20.4 Å². The van der Waals surface area contributed by atoms with E-state index in [0.717, 1.165) is 5.56 Å². The lowest BCUT2D eigenvalue weighted by atomic mass is 10.1. The molecule has 0 radical (unpaired) electrons. The number of aryl methyl sites for hydroxylation is 1. The van der Waals surface area contributed by atoms with Crippen LogP contribution in [0.25, 0.3) is 17.0 Å². The van der Waals surface area contributed by atoms with Gasteiger partial charge in [0.1, 0.15) is 16.9 Å². The Balaban J connectivity index is 1.64. The molecule has 4 aromatic rings. The fraction of sp³-hybridized carbons (Fsp3) is 0.200. The van der Waals surface area contributed by atoms with E-state index in [4.69, 9.17) is 4.52 Å². The Labute approximate surface area is 160 Å². The van der Waals surface area contributed by atoms with Gasteiger partial charge in [-0.15, -0.1) is 0 Å². The first kappa shape index (κ1) is 17.9. The maximum Gasteiger partial charge on any atom is 0.274 e. The molecule has 0 saturated carbocycles. The molecule has 0 aliphatic rings. The van der Waals surface area contributed by atoms with Crippen molar-refractivity contribution in [3.8, 4) is 11.4 Å². The minimum absolute atomic E-state index is 0.124. The molecular formula is C20H19N5O3. The molecule has 0 aliphatic carbocycles. The van der Waals surface area contributed by atoms with E-state index in [9.17, 15) is 9.90 Å². The standard InChI is InChI=1S/C20H19N5O3/c1-12-7-8-13(17-23-19(28-24-17)20(2,3)27)10-14(12)22-18(26)15-11-21-16-6-4-5-9-25(15)16/h4-11,27H,1-3H3,(H,22,26). The number of hydrogen-bond donors (Lipinski definition) is 2. The van der Waals surface area contributed by atoms with Crippen molar-refractivity contribution in [2.24, 2.45) is 0 Å². The maximum absolute atomic E-state index is 12.8. The second kappa shape index (κ2) is 6.58. The second-order valence-corrected chi connectivity index (χ2v) is 7.04. The smallest absolute Gasteiger partial charge is 0.274 e. The average molecular weight is 377 g/mol. The van der Waals surface area contributed by atoms with E-state index in [0.29, 0.717) is 28.4 Å². The summed E-state index contributed by atoms with van der Waals surface area (Å²) >= 11 is 0. The molecule has 0 bridgehead atoms. The fourth-order valence-electron chi connectivity index (χ4n) is 2.77. The van der Waals surface area contributed by atoms with Crippen LogP contribution in [-0.2, 0) is 5.60 Å².